The summed E-state index contributed by atoms with van der Waals surface area (Å²) >= 11 is 5.61. The molecule has 0 spiro atoms. The van der Waals surface area contributed by atoms with Crippen LogP contribution in [-0.2, 0) is 6.42 Å². The first-order chi connectivity index (χ1) is 7.27. The molecule has 0 atom stereocenters. The molecule has 0 aliphatic heterocycles. The van der Waals surface area contributed by atoms with Crippen molar-refractivity contribution < 1.29 is 4.39 Å². The summed E-state index contributed by atoms with van der Waals surface area (Å²) in [7, 11) is 0. The van der Waals surface area contributed by atoms with Crippen LogP contribution in [0.5, 0.6) is 0 Å². The number of aromatic nitrogens is 2. The second-order valence-corrected chi connectivity index (χ2v) is 4.49. The Morgan fingerprint density at radius 2 is 2.00 bits per heavy atom. The van der Waals surface area contributed by atoms with E-state index in [1.54, 1.807) is 0 Å². The van der Waals surface area contributed by atoms with Crippen LogP contribution in [0.1, 0.15) is 37.8 Å². The average molecular weight is 229 g/mol. The lowest BCUT2D eigenvalue weighted by Gasteiger charge is -2.21. The van der Waals surface area contributed by atoms with Gasteiger partial charge in [-0.3, -0.25) is 0 Å². The molecule has 15 heavy (non-hydrogen) atoms. The van der Waals surface area contributed by atoms with E-state index in [2.05, 4.69) is 9.97 Å². The van der Waals surface area contributed by atoms with Crippen molar-refractivity contribution in [3.8, 4) is 0 Å². The largest absolute Gasteiger partial charge is 0.238 e. The van der Waals surface area contributed by atoms with Crippen LogP contribution in [0.2, 0.25) is 5.15 Å². The van der Waals surface area contributed by atoms with Crippen LogP contribution in [0.3, 0.4) is 0 Å². The zero-order chi connectivity index (χ0) is 10.7. The second-order valence-electron chi connectivity index (χ2n) is 4.13. The van der Waals surface area contributed by atoms with E-state index in [4.69, 9.17) is 11.6 Å². The molecule has 0 amide bonds. The summed E-state index contributed by atoms with van der Waals surface area (Å²) in [6.07, 6.45) is 8.22. The SMILES string of the molecule is Fc1c(Cl)ncnc1CC1CCCCC1. The molecular formula is C11H14ClFN2. The highest BCUT2D eigenvalue weighted by molar-refractivity contribution is 6.29. The van der Waals surface area contributed by atoms with Crippen LogP contribution in [0.25, 0.3) is 0 Å². The maximum atomic E-state index is 13.5. The second kappa shape index (κ2) is 4.88. The fourth-order valence-corrected chi connectivity index (χ4v) is 2.34. The Morgan fingerprint density at radius 3 is 2.73 bits per heavy atom. The fraction of sp³-hybridized carbons (Fsp3) is 0.636. The maximum Gasteiger partial charge on any atom is 0.181 e. The van der Waals surface area contributed by atoms with Crippen LogP contribution in [0.15, 0.2) is 6.33 Å². The van der Waals surface area contributed by atoms with E-state index in [1.807, 2.05) is 0 Å². The van der Waals surface area contributed by atoms with Crippen molar-refractivity contribution in [1.29, 1.82) is 0 Å². The van der Waals surface area contributed by atoms with Crippen LogP contribution in [-0.4, -0.2) is 9.97 Å². The molecule has 4 heteroatoms. The average Bonchev–Trinajstić information content (AvgIpc) is 2.26. The molecule has 0 radical (unpaired) electrons. The molecule has 1 aliphatic rings. The van der Waals surface area contributed by atoms with Gasteiger partial charge in [-0.15, -0.1) is 0 Å². The van der Waals surface area contributed by atoms with Gasteiger partial charge in [-0.2, -0.15) is 0 Å². The summed E-state index contributed by atoms with van der Waals surface area (Å²) in [4.78, 5) is 7.57. The van der Waals surface area contributed by atoms with Gasteiger partial charge in [0.05, 0.1) is 5.69 Å². The number of hydrogen-bond acceptors (Lipinski definition) is 2. The van der Waals surface area contributed by atoms with E-state index in [9.17, 15) is 4.39 Å². The van der Waals surface area contributed by atoms with Crippen molar-refractivity contribution >= 4 is 11.6 Å². The Morgan fingerprint density at radius 1 is 1.27 bits per heavy atom. The van der Waals surface area contributed by atoms with E-state index in [1.165, 1.54) is 38.4 Å². The van der Waals surface area contributed by atoms with Crippen LogP contribution >= 0.6 is 11.6 Å². The molecule has 1 fully saturated rings. The van der Waals surface area contributed by atoms with Gasteiger partial charge >= 0.3 is 0 Å². The van der Waals surface area contributed by atoms with Gasteiger partial charge in [-0.05, 0) is 12.3 Å². The Labute approximate surface area is 93.9 Å². The van der Waals surface area contributed by atoms with E-state index in [0.717, 1.165) is 0 Å². The highest BCUT2D eigenvalue weighted by Gasteiger charge is 2.18. The molecular weight excluding hydrogens is 215 g/mol. The first kappa shape index (κ1) is 10.8. The Balaban J connectivity index is 2.06. The van der Waals surface area contributed by atoms with Gasteiger partial charge in [0, 0.05) is 0 Å². The fourth-order valence-electron chi connectivity index (χ4n) is 2.19. The van der Waals surface area contributed by atoms with Gasteiger partial charge in [0.2, 0.25) is 0 Å². The molecule has 0 unspecified atom stereocenters. The van der Waals surface area contributed by atoms with Crippen LogP contribution in [0, 0.1) is 11.7 Å². The predicted octanol–water partition coefficient (Wildman–Crippen LogP) is 3.39. The molecule has 1 saturated carbocycles. The minimum absolute atomic E-state index is 0.0594. The quantitative estimate of drug-likeness (QED) is 0.726. The Bertz CT molecular complexity index is 337. The summed E-state index contributed by atoms with van der Waals surface area (Å²) in [5, 5.41) is -0.0594. The molecule has 0 bridgehead atoms. The van der Waals surface area contributed by atoms with Crippen molar-refractivity contribution in [2.75, 3.05) is 0 Å². The lowest BCUT2D eigenvalue weighted by molar-refractivity contribution is 0.349. The molecule has 0 aromatic carbocycles. The van der Waals surface area contributed by atoms with Gasteiger partial charge in [0.15, 0.2) is 11.0 Å². The molecule has 0 saturated heterocycles. The first-order valence-electron chi connectivity index (χ1n) is 5.42. The van der Waals surface area contributed by atoms with Gasteiger partial charge in [0.1, 0.15) is 6.33 Å². The third-order valence-corrected chi connectivity index (χ3v) is 3.29. The standard InChI is InChI=1S/C11H14ClFN2/c12-11-10(13)9(14-7-15-11)6-8-4-2-1-3-5-8/h7-8H,1-6H2. The van der Waals surface area contributed by atoms with Crippen molar-refractivity contribution in [2.24, 2.45) is 5.92 Å². The molecule has 1 aromatic rings. The summed E-state index contributed by atoms with van der Waals surface area (Å²) in [6.45, 7) is 0. The minimum Gasteiger partial charge on any atom is -0.238 e. The van der Waals surface area contributed by atoms with Gasteiger partial charge < -0.3 is 0 Å². The molecule has 1 aliphatic carbocycles. The monoisotopic (exact) mass is 228 g/mol. The lowest BCUT2D eigenvalue weighted by Crippen LogP contribution is -2.11. The summed E-state index contributed by atoms with van der Waals surface area (Å²) in [6, 6.07) is 0. The van der Waals surface area contributed by atoms with Crippen LogP contribution in [0.4, 0.5) is 4.39 Å². The number of rotatable bonds is 2. The van der Waals surface area contributed by atoms with Gasteiger partial charge in [-0.1, -0.05) is 43.7 Å². The normalized spacial score (nSPS) is 18.0. The molecule has 2 rings (SSSR count). The predicted molar refractivity (Wildman–Crippen MR) is 57.3 cm³/mol. The third kappa shape index (κ3) is 2.65. The summed E-state index contributed by atoms with van der Waals surface area (Å²) in [5.41, 5.74) is 0.474. The van der Waals surface area contributed by atoms with E-state index in [-0.39, 0.29) is 5.15 Å². The van der Waals surface area contributed by atoms with E-state index < -0.39 is 5.82 Å². The molecule has 82 valence electrons. The molecule has 0 N–H and O–H groups in total. The van der Waals surface area contributed by atoms with Crippen molar-refractivity contribution in [2.45, 2.75) is 38.5 Å². The molecule has 1 aromatic heterocycles. The summed E-state index contributed by atoms with van der Waals surface area (Å²) in [5.74, 6) is 0.129. The minimum atomic E-state index is -0.440. The summed E-state index contributed by atoms with van der Waals surface area (Å²) < 4.78 is 13.5. The highest BCUT2D eigenvalue weighted by atomic mass is 35.5. The Kier molecular flexibility index (Phi) is 3.52. The number of halogens is 2. The number of hydrogen-bond donors (Lipinski definition) is 0. The zero-order valence-electron chi connectivity index (χ0n) is 8.55. The Hall–Kier alpha value is -0.700. The van der Waals surface area contributed by atoms with E-state index >= 15 is 0 Å². The van der Waals surface area contributed by atoms with Crippen molar-refractivity contribution in [3.05, 3.63) is 23.0 Å². The topological polar surface area (TPSA) is 25.8 Å². The van der Waals surface area contributed by atoms with Crippen molar-refractivity contribution in [1.82, 2.24) is 9.97 Å². The zero-order valence-corrected chi connectivity index (χ0v) is 9.30. The van der Waals surface area contributed by atoms with Crippen LogP contribution < -0.4 is 0 Å². The van der Waals surface area contributed by atoms with Gasteiger partial charge in [-0.25, -0.2) is 14.4 Å². The van der Waals surface area contributed by atoms with Gasteiger partial charge in [0.25, 0.3) is 0 Å². The van der Waals surface area contributed by atoms with E-state index in [0.29, 0.717) is 18.0 Å². The molecule has 2 nitrogen and oxygen atoms in total. The van der Waals surface area contributed by atoms with Crippen molar-refractivity contribution in [3.63, 3.8) is 0 Å². The lowest BCUT2D eigenvalue weighted by atomic mass is 9.86. The number of nitrogens with zero attached hydrogens (tertiary/aromatic N) is 2. The highest BCUT2D eigenvalue weighted by Crippen LogP contribution is 2.27. The first-order valence-corrected chi connectivity index (χ1v) is 5.80. The maximum absolute atomic E-state index is 13.5. The third-order valence-electron chi connectivity index (χ3n) is 3.03. The smallest absolute Gasteiger partial charge is 0.181 e. The molecule has 1 heterocycles.